The van der Waals surface area contributed by atoms with E-state index in [9.17, 15) is 14.9 Å². The van der Waals surface area contributed by atoms with Crippen molar-refractivity contribution in [2.24, 2.45) is 0 Å². The fraction of sp³-hybridized carbons (Fsp3) is 0.409. The van der Waals surface area contributed by atoms with Crippen LogP contribution in [0.1, 0.15) is 29.7 Å². The molecule has 0 saturated carbocycles. The predicted octanol–water partition coefficient (Wildman–Crippen LogP) is 1.54. The second-order valence-corrected chi connectivity index (χ2v) is 8.06. The molecule has 0 bridgehead atoms. The van der Waals surface area contributed by atoms with Crippen molar-refractivity contribution in [3.63, 3.8) is 0 Å². The SMILES string of the molecule is N#Cc1nccc2c1CC(NCCCC1COC(=O)N1c1ccc3c(n1)NC(=O)CO3)C2. The lowest BCUT2D eigenvalue weighted by atomic mass is 10.1. The van der Waals surface area contributed by atoms with E-state index in [1.54, 1.807) is 18.3 Å². The van der Waals surface area contributed by atoms with Gasteiger partial charge in [0, 0.05) is 12.2 Å². The zero-order valence-corrected chi connectivity index (χ0v) is 17.3. The van der Waals surface area contributed by atoms with E-state index in [1.165, 1.54) is 10.5 Å². The van der Waals surface area contributed by atoms with E-state index in [-0.39, 0.29) is 24.6 Å². The second-order valence-electron chi connectivity index (χ2n) is 8.06. The Balaban J connectivity index is 1.17. The predicted molar refractivity (Wildman–Crippen MR) is 113 cm³/mol. The summed E-state index contributed by atoms with van der Waals surface area (Å²) in [6.07, 6.45) is 4.52. The molecule has 2 N–H and O–H groups in total. The highest BCUT2D eigenvalue weighted by atomic mass is 16.6. The normalized spacial score (nSPS) is 21.3. The maximum Gasteiger partial charge on any atom is 0.415 e. The van der Waals surface area contributed by atoms with Gasteiger partial charge in [0.15, 0.2) is 18.2 Å². The Morgan fingerprint density at radius 1 is 1.25 bits per heavy atom. The third-order valence-electron chi connectivity index (χ3n) is 5.99. The molecule has 4 heterocycles. The molecule has 2 aromatic heterocycles. The molecule has 2 unspecified atom stereocenters. The van der Waals surface area contributed by atoms with Crippen molar-refractivity contribution in [1.29, 1.82) is 5.26 Å². The highest BCUT2D eigenvalue weighted by Gasteiger charge is 2.35. The minimum absolute atomic E-state index is 0.0458. The third kappa shape index (κ3) is 3.83. The number of nitriles is 1. The molecule has 164 valence electrons. The van der Waals surface area contributed by atoms with Crippen LogP contribution >= 0.6 is 0 Å². The number of hydrogen-bond donors (Lipinski definition) is 2. The van der Waals surface area contributed by atoms with Crippen molar-refractivity contribution in [3.05, 3.63) is 41.2 Å². The van der Waals surface area contributed by atoms with Gasteiger partial charge in [-0.05, 0) is 61.6 Å². The number of nitrogens with zero attached hydrogens (tertiary/aromatic N) is 4. The van der Waals surface area contributed by atoms with Gasteiger partial charge in [0.25, 0.3) is 5.91 Å². The standard InChI is InChI=1S/C22H22N6O4/c23-10-17-16-9-14(8-13(16)5-7-25-17)24-6-1-2-15-11-32-22(30)28(15)19-4-3-18-21(26-19)27-20(29)12-31-18/h3-5,7,14-15,24H,1-2,6,8-9,11-12H2,(H,26,27,29). The maximum absolute atomic E-state index is 12.3. The van der Waals surface area contributed by atoms with E-state index in [0.29, 0.717) is 29.7 Å². The van der Waals surface area contributed by atoms with Crippen LogP contribution in [0.15, 0.2) is 24.4 Å². The lowest BCUT2D eigenvalue weighted by Crippen LogP contribution is -2.36. The van der Waals surface area contributed by atoms with Crippen molar-refractivity contribution < 1.29 is 19.1 Å². The molecule has 2 atom stereocenters. The van der Waals surface area contributed by atoms with Crippen molar-refractivity contribution in [2.45, 2.75) is 37.8 Å². The van der Waals surface area contributed by atoms with Gasteiger partial charge in [-0.25, -0.2) is 14.8 Å². The van der Waals surface area contributed by atoms with E-state index in [1.807, 2.05) is 6.07 Å². The van der Waals surface area contributed by atoms with Crippen LogP contribution in [0, 0.1) is 11.3 Å². The Labute approximate surface area is 184 Å². The lowest BCUT2D eigenvalue weighted by Gasteiger charge is -2.23. The van der Waals surface area contributed by atoms with Crippen LogP contribution in [0.4, 0.5) is 16.4 Å². The van der Waals surface area contributed by atoms with E-state index in [0.717, 1.165) is 37.8 Å². The summed E-state index contributed by atoms with van der Waals surface area (Å²) in [5.74, 6) is 0.943. The summed E-state index contributed by atoms with van der Waals surface area (Å²) in [5.41, 5.74) is 2.75. The van der Waals surface area contributed by atoms with Crippen molar-refractivity contribution in [1.82, 2.24) is 15.3 Å². The first-order valence-corrected chi connectivity index (χ1v) is 10.6. The van der Waals surface area contributed by atoms with Crippen LogP contribution in [0.2, 0.25) is 0 Å². The molecular formula is C22H22N6O4. The zero-order chi connectivity index (χ0) is 22.1. The molecule has 2 aliphatic heterocycles. The largest absolute Gasteiger partial charge is 0.480 e. The summed E-state index contributed by atoms with van der Waals surface area (Å²) in [6, 6.07) is 7.70. The van der Waals surface area contributed by atoms with Crippen molar-refractivity contribution in [3.8, 4) is 11.8 Å². The molecule has 3 aliphatic rings. The summed E-state index contributed by atoms with van der Waals surface area (Å²) in [5, 5.41) is 15.5. The molecule has 5 rings (SSSR count). The third-order valence-corrected chi connectivity index (χ3v) is 5.99. The Morgan fingerprint density at radius 2 is 2.16 bits per heavy atom. The lowest BCUT2D eigenvalue weighted by molar-refractivity contribution is -0.118. The van der Waals surface area contributed by atoms with E-state index in [2.05, 4.69) is 26.7 Å². The zero-order valence-electron chi connectivity index (χ0n) is 17.3. The number of hydrogen-bond acceptors (Lipinski definition) is 8. The van der Waals surface area contributed by atoms with Crippen LogP contribution in [-0.2, 0) is 22.4 Å². The summed E-state index contributed by atoms with van der Waals surface area (Å²) in [6.45, 7) is 1.04. The number of carbonyl (C=O) groups is 2. The highest BCUT2D eigenvalue weighted by molar-refractivity contribution is 5.95. The molecule has 1 aliphatic carbocycles. The summed E-state index contributed by atoms with van der Waals surface area (Å²) in [4.78, 5) is 34.0. The average molecular weight is 434 g/mol. The van der Waals surface area contributed by atoms with Crippen LogP contribution in [0.3, 0.4) is 0 Å². The van der Waals surface area contributed by atoms with Crippen molar-refractivity contribution >= 4 is 23.6 Å². The van der Waals surface area contributed by atoms with E-state index >= 15 is 0 Å². The van der Waals surface area contributed by atoms with Gasteiger partial charge in [0.1, 0.15) is 24.2 Å². The molecular weight excluding hydrogens is 412 g/mol. The Kier molecular flexibility index (Phi) is 5.33. The Hall–Kier alpha value is -3.71. The van der Waals surface area contributed by atoms with Crippen molar-refractivity contribution in [2.75, 3.05) is 30.0 Å². The minimum Gasteiger partial charge on any atom is -0.480 e. The number of ether oxygens (including phenoxy) is 2. The maximum atomic E-state index is 12.3. The van der Waals surface area contributed by atoms with Crippen LogP contribution in [0.25, 0.3) is 0 Å². The summed E-state index contributed by atoms with van der Waals surface area (Å²) in [7, 11) is 0. The van der Waals surface area contributed by atoms with Crippen LogP contribution in [-0.4, -0.2) is 53.8 Å². The quantitative estimate of drug-likeness (QED) is 0.655. The second kappa shape index (κ2) is 8.43. The monoisotopic (exact) mass is 434 g/mol. The average Bonchev–Trinajstić information content (AvgIpc) is 3.38. The van der Waals surface area contributed by atoms with Gasteiger partial charge < -0.3 is 20.1 Å². The van der Waals surface area contributed by atoms with Gasteiger partial charge in [0.05, 0.1) is 6.04 Å². The fourth-order valence-corrected chi connectivity index (χ4v) is 4.46. The van der Waals surface area contributed by atoms with Gasteiger partial charge >= 0.3 is 6.09 Å². The molecule has 32 heavy (non-hydrogen) atoms. The van der Waals surface area contributed by atoms with E-state index < -0.39 is 6.09 Å². The number of anilines is 2. The van der Waals surface area contributed by atoms with Crippen LogP contribution in [0.5, 0.6) is 5.75 Å². The first kappa shape index (κ1) is 20.2. The topological polar surface area (TPSA) is 129 Å². The number of cyclic esters (lactones) is 1. The molecule has 0 spiro atoms. The summed E-state index contributed by atoms with van der Waals surface area (Å²) < 4.78 is 10.6. The number of rotatable bonds is 6. The summed E-state index contributed by atoms with van der Waals surface area (Å²) >= 11 is 0. The van der Waals surface area contributed by atoms with Gasteiger partial charge in [-0.1, -0.05) is 0 Å². The van der Waals surface area contributed by atoms with Gasteiger partial charge in [-0.15, -0.1) is 0 Å². The Bertz CT molecular complexity index is 1110. The molecule has 1 fully saturated rings. The van der Waals surface area contributed by atoms with E-state index in [4.69, 9.17) is 9.47 Å². The molecule has 10 heteroatoms. The number of pyridine rings is 2. The molecule has 1 saturated heterocycles. The van der Waals surface area contributed by atoms with Crippen LogP contribution < -0.4 is 20.3 Å². The number of fused-ring (bicyclic) bond motifs is 2. The van der Waals surface area contributed by atoms with Gasteiger partial charge in [0.2, 0.25) is 0 Å². The number of carbonyl (C=O) groups excluding carboxylic acids is 2. The Morgan fingerprint density at radius 3 is 3.03 bits per heavy atom. The molecule has 0 radical (unpaired) electrons. The minimum atomic E-state index is -0.443. The van der Waals surface area contributed by atoms with Gasteiger partial charge in [-0.2, -0.15) is 5.26 Å². The fourth-order valence-electron chi connectivity index (χ4n) is 4.46. The first-order chi connectivity index (χ1) is 15.6. The molecule has 2 aromatic rings. The molecule has 0 aromatic carbocycles. The molecule has 10 nitrogen and oxygen atoms in total. The number of aromatic nitrogens is 2. The van der Waals surface area contributed by atoms with Gasteiger partial charge in [-0.3, -0.25) is 9.69 Å². The first-order valence-electron chi connectivity index (χ1n) is 10.6. The highest BCUT2D eigenvalue weighted by Crippen LogP contribution is 2.31. The number of amides is 2. The molecule has 2 amide bonds. The number of nitrogens with one attached hydrogen (secondary N) is 2. The smallest absolute Gasteiger partial charge is 0.415 e.